The Balaban J connectivity index is 2.31. The minimum Gasteiger partial charge on any atom is -0.387 e. The van der Waals surface area contributed by atoms with Crippen LogP contribution in [0, 0.1) is 0 Å². The Morgan fingerprint density at radius 1 is 1.58 bits per heavy atom. The second-order valence-electron chi connectivity index (χ2n) is 2.32. The predicted octanol–water partition coefficient (Wildman–Crippen LogP) is 0.488. The molecule has 0 aliphatic rings. The van der Waals surface area contributed by atoms with Crippen LogP contribution in [-0.4, -0.2) is 21.9 Å². The lowest BCUT2D eigenvalue weighted by Gasteiger charge is -1.95. The van der Waals surface area contributed by atoms with E-state index in [4.69, 9.17) is 9.84 Å². The molecule has 0 bridgehead atoms. The summed E-state index contributed by atoms with van der Waals surface area (Å²) in [7, 11) is 0. The Labute approximate surface area is 70.3 Å². The molecule has 0 fully saturated rings. The van der Waals surface area contributed by atoms with Crippen molar-refractivity contribution >= 4 is 0 Å². The molecule has 0 amide bonds. The summed E-state index contributed by atoms with van der Waals surface area (Å²) in [5, 5.41) is 12.2. The zero-order valence-electron chi connectivity index (χ0n) is 6.99. The Morgan fingerprint density at radius 3 is 3.00 bits per heavy atom. The molecule has 5 nitrogen and oxygen atoms in total. The molecule has 1 N–H and O–H groups in total. The van der Waals surface area contributed by atoms with Crippen LogP contribution < -0.4 is 0 Å². The number of hydrogen-bond donors (Lipinski definition) is 1. The normalized spacial score (nSPS) is 10.5. The van der Waals surface area contributed by atoms with E-state index in [1.807, 2.05) is 6.92 Å². The van der Waals surface area contributed by atoms with Gasteiger partial charge in [-0.2, -0.15) is 4.98 Å². The Morgan fingerprint density at radius 2 is 2.42 bits per heavy atom. The van der Waals surface area contributed by atoms with Gasteiger partial charge in [-0.3, -0.25) is 0 Å². The lowest BCUT2D eigenvalue weighted by atomic mass is 10.5. The first-order valence-corrected chi connectivity index (χ1v) is 3.87. The van der Waals surface area contributed by atoms with Crippen molar-refractivity contribution in [3.05, 3.63) is 11.7 Å². The van der Waals surface area contributed by atoms with E-state index in [0.717, 1.165) is 6.42 Å². The number of aliphatic hydroxyl groups is 1. The molecule has 0 aliphatic carbocycles. The van der Waals surface area contributed by atoms with E-state index in [2.05, 4.69) is 14.7 Å². The highest BCUT2D eigenvalue weighted by molar-refractivity contribution is 4.81. The second kappa shape index (κ2) is 4.84. The van der Waals surface area contributed by atoms with Gasteiger partial charge < -0.3 is 14.4 Å². The topological polar surface area (TPSA) is 68.4 Å². The smallest absolute Gasteiger partial charge is 0.252 e. The minimum absolute atomic E-state index is 0.221. The van der Waals surface area contributed by atoms with Gasteiger partial charge >= 0.3 is 0 Å². The largest absolute Gasteiger partial charge is 0.387 e. The van der Waals surface area contributed by atoms with Crippen molar-refractivity contribution in [3.63, 3.8) is 0 Å². The zero-order chi connectivity index (χ0) is 8.81. The van der Waals surface area contributed by atoms with Gasteiger partial charge in [0.15, 0.2) is 5.82 Å². The summed E-state index contributed by atoms with van der Waals surface area (Å²) in [6.45, 7) is 2.83. The predicted molar refractivity (Wildman–Crippen MR) is 40.2 cm³/mol. The fourth-order valence-corrected chi connectivity index (χ4v) is 0.721. The molecule has 0 unspecified atom stereocenters. The number of nitrogens with zero attached hydrogens (tertiary/aromatic N) is 2. The number of ether oxygens (including phenoxy) is 1. The molecule has 0 radical (unpaired) electrons. The molecule has 1 aromatic heterocycles. The summed E-state index contributed by atoms with van der Waals surface area (Å²) in [6, 6.07) is 0. The van der Waals surface area contributed by atoms with E-state index in [1.165, 1.54) is 0 Å². The van der Waals surface area contributed by atoms with Crippen LogP contribution in [-0.2, 0) is 18.0 Å². The number of aromatic nitrogens is 2. The van der Waals surface area contributed by atoms with E-state index < -0.39 is 0 Å². The standard InChI is InChI=1S/C7H12N2O3/c1-2-3-11-5-6-8-7(4-10)12-9-6/h10H,2-5H2,1H3. The van der Waals surface area contributed by atoms with Gasteiger partial charge in [-0.25, -0.2) is 0 Å². The monoisotopic (exact) mass is 172 g/mol. The third-order valence-corrected chi connectivity index (χ3v) is 1.23. The molecule has 1 aromatic rings. The second-order valence-corrected chi connectivity index (χ2v) is 2.32. The molecular weight excluding hydrogens is 160 g/mol. The summed E-state index contributed by atoms with van der Waals surface area (Å²) in [4.78, 5) is 3.85. The van der Waals surface area contributed by atoms with Crippen LogP contribution >= 0.6 is 0 Å². The van der Waals surface area contributed by atoms with Crippen molar-refractivity contribution < 1.29 is 14.4 Å². The number of rotatable bonds is 5. The summed E-state index contributed by atoms with van der Waals surface area (Å²) in [6.07, 6.45) is 0.963. The number of hydrogen-bond acceptors (Lipinski definition) is 5. The van der Waals surface area contributed by atoms with Crippen LogP contribution in [0.15, 0.2) is 4.52 Å². The minimum atomic E-state index is -0.221. The van der Waals surface area contributed by atoms with Crippen LogP contribution in [0.1, 0.15) is 25.1 Å². The van der Waals surface area contributed by atoms with Crippen molar-refractivity contribution in [3.8, 4) is 0 Å². The fourth-order valence-electron chi connectivity index (χ4n) is 0.721. The Bertz CT molecular complexity index is 224. The molecular formula is C7H12N2O3. The quantitative estimate of drug-likeness (QED) is 0.654. The maximum Gasteiger partial charge on any atom is 0.252 e. The average molecular weight is 172 g/mol. The summed E-state index contributed by atoms with van der Waals surface area (Å²) in [5.41, 5.74) is 0. The van der Waals surface area contributed by atoms with Gasteiger partial charge in [-0.1, -0.05) is 12.1 Å². The molecule has 1 rings (SSSR count). The molecule has 0 saturated carbocycles. The maximum absolute atomic E-state index is 8.59. The van der Waals surface area contributed by atoms with E-state index in [-0.39, 0.29) is 12.5 Å². The first-order valence-electron chi connectivity index (χ1n) is 3.87. The maximum atomic E-state index is 8.59. The Kier molecular flexibility index (Phi) is 3.69. The third-order valence-electron chi connectivity index (χ3n) is 1.23. The van der Waals surface area contributed by atoms with Gasteiger partial charge in [0.2, 0.25) is 0 Å². The molecule has 68 valence electrons. The van der Waals surface area contributed by atoms with Crippen molar-refractivity contribution in [1.29, 1.82) is 0 Å². The lowest BCUT2D eigenvalue weighted by molar-refractivity contribution is 0.114. The first kappa shape index (κ1) is 9.15. The molecule has 1 heterocycles. The van der Waals surface area contributed by atoms with Crippen molar-refractivity contribution in [2.24, 2.45) is 0 Å². The van der Waals surface area contributed by atoms with Crippen LogP contribution in [0.4, 0.5) is 0 Å². The fraction of sp³-hybridized carbons (Fsp3) is 0.714. The van der Waals surface area contributed by atoms with Crippen LogP contribution in [0.2, 0.25) is 0 Å². The van der Waals surface area contributed by atoms with Gasteiger partial charge in [0.05, 0.1) is 0 Å². The SMILES string of the molecule is CCCOCc1noc(CO)n1. The summed E-state index contributed by atoms with van der Waals surface area (Å²) in [5.74, 6) is 0.706. The first-order chi connectivity index (χ1) is 5.86. The summed E-state index contributed by atoms with van der Waals surface area (Å²) >= 11 is 0. The number of aliphatic hydroxyl groups excluding tert-OH is 1. The molecule has 0 aliphatic heterocycles. The molecule has 0 atom stereocenters. The molecule has 0 aromatic carbocycles. The molecule has 0 saturated heterocycles. The van der Waals surface area contributed by atoms with E-state index in [1.54, 1.807) is 0 Å². The highest BCUT2D eigenvalue weighted by atomic mass is 16.5. The Hall–Kier alpha value is -0.940. The van der Waals surface area contributed by atoms with E-state index in [0.29, 0.717) is 19.0 Å². The average Bonchev–Trinajstić information content (AvgIpc) is 2.53. The van der Waals surface area contributed by atoms with Crippen molar-refractivity contribution in [2.45, 2.75) is 26.6 Å². The van der Waals surface area contributed by atoms with Crippen LogP contribution in [0.3, 0.4) is 0 Å². The molecule has 0 spiro atoms. The van der Waals surface area contributed by atoms with Crippen molar-refractivity contribution in [2.75, 3.05) is 6.61 Å². The van der Waals surface area contributed by atoms with Crippen LogP contribution in [0.5, 0.6) is 0 Å². The van der Waals surface area contributed by atoms with Gasteiger partial charge in [-0.05, 0) is 6.42 Å². The van der Waals surface area contributed by atoms with E-state index >= 15 is 0 Å². The van der Waals surface area contributed by atoms with Crippen molar-refractivity contribution in [1.82, 2.24) is 10.1 Å². The van der Waals surface area contributed by atoms with Crippen LogP contribution in [0.25, 0.3) is 0 Å². The lowest BCUT2D eigenvalue weighted by Crippen LogP contribution is -1.96. The van der Waals surface area contributed by atoms with Gasteiger partial charge in [0.1, 0.15) is 13.2 Å². The van der Waals surface area contributed by atoms with E-state index in [9.17, 15) is 0 Å². The van der Waals surface area contributed by atoms with Gasteiger partial charge in [-0.15, -0.1) is 0 Å². The van der Waals surface area contributed by atoms with Gasteiger partial charge in [0.25, 0.3) is 5.89 Å². The molecule has 5 heteroatoms. The third kappa shape index (κ3) is 2.60. The zero-order valence-corrected chi connectivity index (χ0v) is 6.99. The van der Waals surface area contributed by atoms with Gasteiger partial charge in [0, 0.05) is 6.61 Å². The highest BCUT2D eigenvalue weighted by Gasteiger charge is 2.03. The molecule has 12 heavy (non-hydrogen) atoms. The highest BCUT2D eigenvalue weighted by Crippen LogP contribution is 1.98. The summed E-state index contributed by atoms with van der Waals surface area (Å²) < 4.78 is 9.81.